The summed E-state index contributed by atoms with van der Waals surface area (Å²) in [5.74, 6) is 0.622. The number of aryl methyl sites for hydroxylation is 2. The van der Waals surface area contributed by atoms with Crippen molar-refractivity contribution in [2.24, 2.45) is 0 Å². The minimum atomic E-state index is -0.0342. The quantitative estimate of drug-likeness (QED) is 0.899. The van der Waals surface area contributed by atoms with Gasteiger partial charge >= 0.3 is 0 Å². The molecule has 0 aliphatic heterocycles. The van der Waals surface area contributed by atoms with Crippen molar-refractivity contribution < 1.29 is 5.11 Å². The third-order valence-corrected chi connectivity index (χ3v) is 2.77. The lowest BCUT2D eigenvalue weighted by atomic mass is 10.1. The van der Waals surface area contributed by atoms with Crippen molar-refractivity contribution in [3.8, 4) is 0 Å². The molecule has 1 N–H and O–H groups in total. The number of aliphatic hydroxyl groups is 1. The average molecular weight is 243 g/mol. The molecule has 0 unspecified atom stereocenters. The molecule has 0 amide bonds. The van der Waals surface area contributed by atoms with E-state index in [-0.39, 0.29) is 6.61 Å². The second-order valence-electron chi connectivity index (χ2n) is 4.45. The first-order chi connectivity index (χ1) is 8.60. The minimum Gasteiger partial charge on any atom is -0.392 e. The van der Waals surface area contributed by atoms with Crippen LogP contribution in [0.1, 0.15) is 16.7 Å². The Morgan fingerprint density at radius 1 is 1.06 bits per heavy atom. The molecule has 2 aromatic rings. The molecule has 0 saturated carbocycles. The zero-order valence-electron chi connectivity index (χ0n) is 10.9. The van der Waals surface area contributed by atoms with Crippen LogP contribution in [0.25, 0.3) is 0 Å². The highest BCUT2D eigenvalue weighted by Gasteiger charge is 2.07. The van der Waals surface area contributed by atoms with Gasteiger partial charge in [0.2, 0.25) is 5.95 Å². The summed E-state index contributed by atoms with van der Waals surface area (Å²) >= 11 is 0. The molecule has 0 bridgehead atoms. The van der Waals surface area contributed by atoms with Gasteiger partial charge in [0.05, 0.1) is 6.61 Å². The van der Waals surface area contributed by atoms with Crippen LogP contribution in [0.2, 0.25) is 0 Å². The number of aliphatic hydroxyl groups excluding tert-OH is 1. The van der Waals surface area contributed by atoms with Crippen molar-refractivity contribution in [2.45, 2.75) is 20.5 Å². The lowest BCUT2D eigenvalue weighted by Crippen LogP contribution is -2.13. The molecule has 1 aromatic carbocycles. The lowest BCUT2D eigenvalue weighted by Gasteiger charge is -2.18. The Hall–Kier alpha value is -1.94. The third kappa shape index (κ3) is 2.65. The Morgan fingerprint density at radius 3 is 2.11 bits per heavy atom. The van der Waals surface area contributed by atoms with Gasteiger partial charge in [-0.2, -0.15) is 0 Å². The average Bonchev–Trinajstić information content (AvgIpc) is 2.37. The van der Waals surface area contributed by atoms with Crippen molar-refractivity contribution in [3.05, 3.63) is 47.3 Å². The van der Waals surface area contributed by atoms with Gasteiger partial charge < -0.3 is 10.0 Å². The first-order valence-corrected chi connectivity index (χ1v) is 5.84. The van der Waals surface area contributed by atoms with Gasteiger partial charge in [0.25, 0.3) is 0 Å². The van der Waals surface area contributed by atoms with E-state index in [0.717, 1.165) is 5.69 Å². The van der Waals surface area contributed by atoms with Gasteiger partial charge in [-0.25, -0.2) is 9.97 Å². The molecule has 0 saturated heterocycles. The van der Waals surface area contributed by atoms with Crippen molar-refractivity contribution >= 4 is 11.6 Å². The van der Waals surface area contributed by atoms with Crippen LogP contribution in [0.4, 0.5) is 11.6 Å². The van der Waals surface area contributed by atoms with E-state index in [4.69, 9.17) is 5.11 Å². The maximum absolute atomic E-state index is 8.96. The Bertz CT molecular complexity index is 517. The summed E-state index contributed by atoms with van der Waals surface area (Å²) in [6.07, 6.45) is 3.28. The Morgan fingerprint density at radius 2 is 1.61 bits per heavy atom. The predicted octanol–water partition coefficient (Wildman–Crippen LogP) is 2.35. The molecular formula is C14H17N3O. The van der Waals surface area contributed by atoms with Gasteiger partial charge in [0.15, 0.2) is 0 Å². The summed E-state index contributed by atoms with van der Waals surface area (Å²) in [7, 11) is 1.93. The van der Waals surface area contributed by atoms with Crippen LogP contribution in [0.3, 0.4) is 0 Å². The molecule has 0 spiro atoms. The molecule has 0 fully saturated rings. The molecule has 0 radical (unpaired) electrons. The molecular weight excluding hydrogens is 226 g/mol. The molecule has 0 atom stereocenters. The fraction of sp³-hybridized carbons (Fsp3) is 0.286. The van der Waals surface area contributed by atoms with E-state index in [0.29, 0.717) is 11.5 Å². The fourth-order valence-corrected chi connectivity index (χ4v) is 1.86. The number of anilines is 2. The highest BCUT2D eigenvalue weighted by Crippen LogP contribution is 2.22. The fourth-order valence-electron chi connectivity index (χ4n) is 1.86. The van der Waals surface area contributed by atoms with Crippen molar-refractivity contribution in [2.75, 3.05) is 11.9 Å². The Kier molecular flexibility index (Phi) is 3.58. The zero-order chi connectivity index (χ0) is 13.1. The highest BCUT2D eigenvalue weighted by atomic mass is 16.3. The second-order valence-corrected chi connectivity index (χ2v) is 4.45. The van der Waals surface area contributed by atoms with Gasteiger partial charge in [-0.15, -0.1) is 0 Å². The van der Waals surface area contributed by atoms with E-state index in [2.05, 4.69) is 42.0 Å². The zero-order valence-corrected chi connectivity index (χ0v) is 10.9. The van der Waals surface area contributed by atoms with Crippen LogP contribution in [0.15, 0.2) is 30.6 Å². The normalized spacial score (nSPS) is 10.4. The topological polar surface area (TPSA) is 49.2 Å². The molecule has 18 heavy (non-hydrogen) atoms. The van der Waals surface area contributed by atoms with Crippen molar-refractivity contribution in [3.63, 3.8) is 0 Å². The number of nitrogens with zero attached hydrogens (tertiary/aromatic N) is 3. The van der Waals surface area contributed by atoms with Crippen LogP contribution in [-0.2, 0) is 6.61 Å². The van der Waals surface area contributed by atoms with Crippen LogP contribution < -0.4 is 4.90 Å². The molecule has 4 nitrogen and oxygen atoms in total. The van der Waals surface area contributed by atoms with Crippen LogP contribution in [0, 0.1) is 13.8 Å². The predicted molar refractivity (Wildman–Crippen MR) is 71.9 cm³/mol. The van der Waals surface area contributed by atoms with Gasteiger partial charge in [-0.3, -0.25) is 0 Å². The van der Waals surface area contributed by atoms with Crippen molar-refractivity contribution in [1.82, 2.24) is 9.97 Å². The summed E-state index contributed by atoms with van der Waals surface area (Å²) in [5.41, 5.74) is 4.20. The molecule has 0 aliphatic rings. The largest absolute Gasteiger partial charge is 0.392 e. The molecule has 1 heterocycles. The van der Waals surface area contributed by atoms with Crippen LogP contribution >= 0.6 is 0 Å². The number of aromatic nitrogens is 2. The van der Waals surface area contributed by atoms with Gasteiger partial charge in [0.1, 0.15) is 0 Å². The number of benzene rings is 1. The molecule has 1 aromatic heterocycles. The third-order valence-electron chi connectivity index (χ3n) is 2.77. The molecule has 2 rings (SSSR count). The smallest absolute Gasteiger partial charge is 0.229 e. The van der Waals surface area contributed by atoms with Crippen LogP contribution in [-0.4, -0.2) is 22.1 Å². The monoisotopic (exact) mass is 243 g/mol. The second kappa shape index (κ2) is 5.14. The molecule has 94 valence electrons. The van der Waals surface area contributed by atoms with Gasteiger partial charge in [0, 0.05) is 30.7 Å². The van der Waals surface area contributed by atoms with E-state index in [1.54, 1.807) is 12.4 Å². The van der Waals surface area contributed by atoms with E-state index in [1.807, 2.05) is 11.9 Å². The highest BCUT2D eigenvalue weighted by molar-refractivity contribution is 5.58. The summed E-state index contributed by atoms with van der Waals surface area (Å²) in [6, 6.07) is 6.32. The maximum atomic E-state index is 8.96. The standard InChI is InChI=1S/C14H17N3O/c1-10-4-11(2)6-13(5-10)17(3)14-15-7-12(9-18)8-16-14/h4-8,18H,9H2,1-3H3. The summed E-state index contributed by atoms with van der Waals surface area (Å²) in [6.45, 7) is 4.10. The minimum absolute atomic E-state index is 0.0342. The summed E-state index contributed by atoms with van der Waals surface area (Å²) < 4.78 is 0. The van der Waals surface area contributed by atoms with E-state index in [1.165, 1.54) is 11.1 Å². The summed E-state index contributed by atoms with van der Waals surface area (Å²) in [4.78, 5) is 10.4. The first-order valence-electron chi connectivity index (χ1n) is 5.84. The molecule has 0 aliphatic carbocycles. The lowest BCUT2D eigenvalue weighted by molar-refractivity contribution is 0.281. The first kappa shape index (κ1) is 12.5. The van der Waals surface area contributed by atoms with E-state index < -0.39 is 0 Å². The number of hydrogen-bond donors (Lipinski definition) is 1. The van der Waals surface area contributed by atoms with E-state index >= 15 is 0 Å². The Balaban J connectivity index is 2.31. The molecule has 4 heteroatoms. The van der Waals surface area contributed by atoms with Crippen LogP contribution in [0.5, 0.6) is 0 Å². The number of rotatable bonds is 3. The summed E-state index contributed by atoms with van der Waals surface area (Å²) in [5, 5.41) is 8.96. The van der Waals surface area contributed by atoms with Gasteiger partial charge in [-0.1, -0.05) is 6.07 Å². The SMILES string of the molecule is Cc1cc(C)cc(N(C)c2ncc(CO)cn2)c1. The van der Waals surface area contributed by atoms with Gasteiger partial charge in [-0.05, 0) is 37.1 Å². The maximum Gasteiger partial charge on any atom is 0.229 e. The Labute approximate surface area is 107 Å². The number of hydrogen-bond acceptors (Lipinski definition) is 4. The van der Waals surface area contributed by atoms with Crippen molar-refractivity contribution in [1.29, 1.82) is 0 Å². The van der Waals surface area contributed by atoms with E-state index in [9.17, 15) is 0 Å².